The minimum Gasteiger partial charge on any atom is -0.466 e. The molecule has 0 saturated carbocycles. The van der Waals surface area contributed by atoms with Crippen molar-refractivity contribution in [2.24, 2.45) is 0 Å². The van der Waals surface area contributed by atoms with Crippen LogP contribution in [0.5, 0.6) is 0 Å². The number of furan rings is 1. The first-order chi connectivity index (χ1) is 10.7. The average molecular weight is 287 g/mol. The number of benzene rings is 2. The molecule has 0 bridgehead atoms. The second-order valence-electron chi connectivity index (χ2n) is 6.39. The van der Waals surface area contributed by atoms with Crippen molar-refractivity contribution in [3.8, 4) is 11.1 Å². The third kappa shape index (κ3) is 2.09. The first kappa shape index (κ1) is 13.4. The highest BCUT2D eigenvalue weighted by atomic mass is 16.3. The van der Waals surface area contributed by atoms with Gasteiger partial charge in [0.2, 0.25) is 0 Å². The third-order valence-corrected chi connectivity index (χ3v) is 4.62. The van der Waals surface area contributed by atoms with Crippen LogP contribution in [0.4, 0.5) is 0 Å². The molecule has 0 saturated heterocycles. The normalized spacial score (nSPS) is 20.1. The first-order valence-electron chi connectivity index (χ1n) is 7.76. The lowest BCUT2D eigenvalue weighted by Gasteiger charge is -2.20. The Hall–Kier alpha value is -2.28. The molecule has 0 amide bonds. The standard InChI is InChI=1S/C21H19O/c1-15-11-12-20(22-15)21(2)13-17-9-6-10-18(19(17)14-21)16-7-4-3-5-8-16/h3-13H,14H2,1-2H3. The highest BCUT2D eigenvalue weighted by Crippen LogP contribution is 2.45. The lowest BCUT2D eigenvalue weighted by atomic mass is 9.84. The summed E-state index contributed by atoms with van der Waals surface area (Å²) in [5.41, 5.74) is 5.32. The minimum atomic E-state index is -0.0541. The topological polar surface area (TPSA) is 13.1 Å². The second kappa shape index (κ2) is 4.88. The molecular formula is C21H19O. The van der Waals surface area contributed by atoms with Gasteiger partial charge in [0.25, 0.3) is 0 Å². The maximum Gasteiger partial charge on any atom is 0.111 e. The fourth-order valence-corrected chi connectivity index (χ4v) is 3.49. The fraction of sp³-hybridized carbons (Fsp3) is 0.190. The van der Waals surface area contributed by atoms with Gasteiger partial charge < -0.3 is 4.42 Å². The van der Waals surface area contributed by atoms with Gasteiger partial charge in [0.1, 0.15) is 11.5 Å². The Morgan fingerprint density at radius 1 is 0.909 bits per heavy atom. The summed E-state index contributed by atoms with van der Waals surface area (Å²) in [6.45, 7) is 4.27. The zero-order valence-corrected chi connectivity index (χ0v) is 13.0. The van der Waals surface area contributed by atoms with Crippen LogP contribution in [0.25, 0.3) is 11.1 Å². The lowest BCUT2D eigenvalue weighted by molar-refractivity contribution is 0.397. The van der Waals surface area contributed by atoms with Crippen LogP contribution in [0, 0.1) is 13.3 Å². The summed E-state index contributed by atoms with van der Waals surface area (Å²) in [7, 11) is 0. The Morgan fingerprint density at radius 2 is 1.73 bits per heavy atom. The van der Waals surface area contributed by atoms with Crippen molar-refractivity contribution in [3.63, 3.8) is 0 Å². The van der Waals surface area contributed by atoms with Crippen LogP contribution in [0.15, 0.2) is 65.1 Å². The van der Waals surface area contributed by atoms with E-state index in [4.69, 9.17) is 4.42 Å². The summed E-state index contributed by atoms with van der Waals surface area (Å²) in [5.74, 6) is 2.03. The van der Waals surface area contributed by atoms with Crippen LogP contribution < -0.4 is 0 Å². The van der Waals surface area contributed by atoms with Gasteiger partial charge in [-0.15, -0.1) is 0 Å². The van der Waals surface area contributed by atoms with E-state index in [1.165, 1.54) is 22.3 Å². The fourth-order valence-electron chi connectivity index (χ4n) is 3.49. The summed E-state index contributed by atoms with van der Waals surface area (Å²) in [5, 5.41) is 0. The van der Waals surface area contributed by atoms with Crippen LogP contribution in [-0.4, -0.2) is 0 Å². The van der Waals surface area contributed by atoms with Crippen LogP contribution in [0.3, 0.4) is 0 Å². The van der Waals surface area contributed by atoms with E-state index in [2.05, 4.69) is 74.0 Å². The van der Waals surface area contributed by atoms with E-state index in [1.54, 1.807) is 0 Å². The summed E-state index contributed by atoms with van der Waals surface area (Å²) in [4.78, 5) is 0. The average Bonchev–Trinajstić information content (AvgIpc) is 3.11. The van der Waals surface area contributed by atoms with Crippen molar-refractivity contribution in [3.05, 3.63) is 89.7 Å². The largest absolute Gasteiger partial charge is 0.466 e. The quantitative estimate of drug-likeness (QED) is 0.621. The molecule has 0 N–H and O–H groups in total. The highest BCUT2D eigenvalue weighted by molar-refractivity contribution is 5.71. The lowest BCUT2D eigenvalue weighted by Crippen LogP contribution is -2.19. The van der Waals surface area contributed by atoms with E-state index in [0.717, 1.165) is 17.9 Å². The molecule has 1 aliphatic rings. The molecule has 0 aliphatic heterocycles. The van der Waals surface area contributed by atoms with Gasteiger partial charge in [-0.25, -0.2) is 0 Å². The molecule has 4 rings (SSSR count). The number of hydrogen-bond donors (Lipinski definition) is 0. The molecule has 0 spiro atoms. The minimum absolute atomic E-state index is 0.0541. The van der Waals surface area contributed by atoms with E-state index in [9.17, 15) is 0 Å². The van der Waals surface area contributed by atoms with E-state index in [0.29, 0.717) is 0 Å². The van der Waals surface area contributed by atoms with E-state index in [-0.39, 0.29) is 5.41 Å². The van der Waals surface area contributed by atoms with E-state index < -0.39 is 0 Å². The van der Waals surface area contributed by atoms with Crippen LogP contribution >= 0.6 is 0 Å². The zero-order chi connectivity index (χ0) is 15.2. The molecule has 22 heavy (non-hydrogen) atoms. The Kier molecular flexibility index (Phi) is 2.97. The Labute approximate surface area is 131 Å². The van der Waals surface area contributed by atoms with Crippen LogP contribution in [0.1, 0.15) is 29.6 Å². The number of hydrogen-bond acceptors (Lipinski definition) is 1. The van der Waals surface area contributed by atoms with Gasteiger partial charge in [0.05, 0.1) is 0 Å². The maximum atomic E-state index is 5.92. The second-order valence-corrected chi connectivity index (χ2v) is 6.39. The molecule has 3 aromatic rings. The maximum absolute atomic E-state index is 5.92. The van der Waals surface area contributed by atoms with Gasteiger partial charge in [0.15, 0.2) is 0 Å². The summed E-state index contributed by atoms with van der Waals surface area (Å²) < 4.78 is 5.92. The Balaban J connectivity index is 1.79. The molecule has 2 aromatic carbocycles. The van der Waals surface area contributed by atoms with Gasteiger partial charge in [-0.3, -0.25) is 0 Å². The number of aryl methyl sites for hydroxylation is 1. The zero-order valence-electron chi connectivity index (χ0n) is 13.0. The van der Waals surface area contributed by atoms with Crippen molar-refractivity contribution >= 4 is 0 Å². The van der Waals surface area contributed by atoms with E-state index in [1.807, 2.05) is 6.92 Å². The van der Waals surface area contributed by atoms with Crippen molar-refractivity contribution in [1.29, 1.82) is 0 Å². The van der Waals surface area contributed by atoms with Gasteiger partial charge in [0, 0.05) is 11.8 Å². The van der Waals surface area contributed by atoms with Crippen molar-refractivity contribution in [2.45, 2.75) is 25.7 Å². The molecule has 1 unspecified atom stereocenters. The van der Waals surface area contributed by atoms with Crippen LogP contribution in [-0.2, 0) is 11.8 Å². The molecule has 1 heterocycles. The SMILES string of the molecule is Cc1ccc(C2(C)[CH]c3cccc(-c4ccccc4)c3C2)o1. The van der Waals surface area contributed by atoms with Gasteiger partial charge >= 0.3 is 0 Å². The monoisotopic (exact) mass is 287 g/mol. The molecule has 1 heteroatoms. The molecule has 1 radical (unpaired) electrons. The molecular weight excluding hydrogens is 268 g/mol. The van der Waals surface area contributed by atoms with Gasteiger partial charge in [-0.2, -0.15) is 0 Å². The van der Waals surface area contributed by atoms with Gasteiger partial charge in [-0.1, -0.05) is 55.5 Å². The molecule has 1 aliphatic carbocycles. The molecule has 1 nitrogen and oxygen atoms in total. The summed E-state index contributed by atoms with van der Waals surface area (Å²) in [6.07, 6.45) is 3.34. The predicted octanol–water partition coefficient (Wildman–Crippen LogP) is 5.32. The summed E-state index contributed by atoms with van der Waals surface area (Å²) in [6, 6.07) is 21.4. The number of rotatable bonds is 2. The smallest absolute Gasteiger partial charge is 0.111 e. The van der Waals surface area contributed by atoms with Crippen molar-refractivity contribution in [2.75, 3.05) is 0 Å². The number of fused-ring (bicyclic) bond motifs is 1. The molecule has 109 valence electrons. The molecule has 1 aromatic heterocycles. The highest BCUT2D eigenvalue weighted by Gasteiger charge is 2.38. The molecule has 1 atom stereocenters. The van der Waals surface area contributed by atoms with Crippen LogP contribution in [0.2, 0.25) is 0 Å². The van der Waals surface area contributed by atoms with Crippen molar-refractivity contribution in [1.82, 2.24) is 0 Å². The molecule has 0 fully saturated rings. The van der Waals surface area contributed by atoms with Crippen molar-refractivity contribution < 1.29 is 4.42 Å². The first-order valence-corrected chi connectivity index (χ1v) is 7.76. The van der Waals surface area contributed by atoms with Gasteiger partial charge in [-0.05, 0) is 47.7 Å². The summed E-state index contributed by atoms with van der Waals surface area (Å²) >= 11 is 0. The predicted molar refractivity (Wildman–Crippen MR) is 89.8 cm³/mol. The van der Waals surface area contributed by atoms with E-state index >= 15 is 0 Å². The Morgan fingerprint density at radius 3 is 2.45 bits per heavy atom. The Bertz CT molecular complexity index is 813. The third-order valence-electron chi connectivity index (χ3n) is 4.62.